The number of morpholine rings is 1. The van der Waals surface area contributed by atoms with Crippen molar-refractivity contribution >= 4 is 11.5 Å². The molecule has 2 heterocycles. The number of nitrogen functional groups attached to an aromatic ring is 1. The van der Waals surface area contributed by atoms with Crippen LogP contribution in [0.1, 0.15) is 26.2 Å². The number of nitrogens with two attached hydrogens (primary N) is 1. The Kier molecular flexibility index (Phi) is 3.96. The Morgan fingerprint density at radius 3 is 3.05 bits per heavy atom. The molecule has 0 aromatic carbocycles. The topological polar surface area (TPSA) is 60.6 Å². The van der Waals surface area contributed by atoms with Gasteiger partial charge in [0.2, 0.25) is 5.88 Å². The summed E-state index contributed by atoms with van der Waals surface area (Å²) in [5.41, 5.74) is 6.58. The van der Waals surface area contributed by atoms with Gasteiger partial charge in [0.1, 0.15) is 5.82 Å². The minimum Gasteiger partial charge on any atom is -0.476 e. The number of rotatable bonds is 5. The summed E-state index contributed by atoms with van der Waals surface area (Å²) >= 11 is 0. The van der Waals surface area contributed by atoms with Crippen molar-refractivity contribution in [3.05, 3.63) is 12.1 Å². The maximum atomic E-state index is 5.96. The van der Waals surface area contributed by atoms with Crippen molar-refractivity contribution in [2.45, 2.75) is 32.2 Å². The smallest absolute Gasteiger partial charge is 0.239 e. The van der Waals surface area contributed by atoms with Crippen LogP contribution in [-0.2, 0) is 4.74 Å². The van der Waals surface area contributed by atoms with Crippen LogP contribution in [0.3, 0.4) is 0 Å². The first kappa shape index (κ1) is 13.5. The molecule has 1 saturated heterocycles. The number of nitrogens with zero attached hydrogens (tertiary/aromatic N) is 2. The summed E-state index contributed by atoms with van der Waals surface area (Å²) in [5.74, 6) is 2.22. The molecular weight excluding hydrogens is 254 g/mol. The van der Waals surface area contributed by atoms with Crippen LogP contribution in [0.15, 0.2) is 12.1 Å². The van der Waals surface area contributed by atoms with E-state index in [1.165, 1.54) is 12.8 Å². The van der Waals surface area contributed by atoms with Gasteiger partial charge in [-0.05, 0) is 37.3 Å². The summed E-state index contributed by atoms with van der Waals surface area (Å²) in [6, 6.07) is 4.26. The van der Waals surface area contributed by atoms with Crippen LogP contribution in [-0.4, -0.2) is 37.4 Å². The zero-order valence-electron chi connectivity index (χ0n) is 12.0. The maximum Gasteiger partial charge on any atom is 0.239 e. The van der Waals surface area contributed by atoms with Gasteiger partial charge in [-0.2, -0.15) is 4.98 Å². The molecule has 0 spiro atoms. The van der Waals surface area contributed by atoms with Gasteiger partial charge < -0.3 is 20.1 Å². The molecule has 20 heavy (non-hydrogen) atoms. The Hall–Kier alpha value is -1.49. The van der Waals surface area contributed by atoms with Gasteiger partial charge in [-0.1, -0.05) is 6.92 Å². The third kappa shape index (κ3) is 2.98. The molecule has 3 rings (SSSR count). The van der Waals surface area contributed by atoms with Crippen molar-refractivity contribution in [2.75, 3.05) is 37.0 Å². The molecule has 1 aromatic heterocycles. The molecule has 0 bridgehead atoms. The molecule has 2 fully saturated rings. The van der Waals surface area contributed by atoms with Crippen molar-refractivity contribution in [1.82, 2.24) is 4.98 Å². The van der Waals surface area contributed by atoms with Gasteiger partial charge in [-0.3, -0.25) is 0 Å². The van der Waals surface area contributed by atoms with E-state index >= 15 is 0 Å². The highest BCUT2D eigenvalue weighted by molar-refractivity contribution is 5.55. The van der Waals surface area contributed by atoms with Crippen LogP contribution in [0.4, 0.5) is 11.5 Å². The zero-order valence-corrected chi connectivity index (χ0v) is 12.0. The van der Waals surface area contributed by atoms with Crippen LogP contribution in [0, 0.1) is 5.92 Å². The van der Waals surface area contributed by atoms with Crippen LogP contribution in [0.25, 0.3) is 0 Å². The number of pyridine rings is 1. The van der Waals surface area contributed by atoms with Crippen LogP contribution in [0.5, 0.6) is 5.88 Å². The van der Waals surface area contributed by atoms with Crippen molar-refractivity contribution in [1.29, 1.82) is 0 Å². The SMILES string of the molecule is CCC1COCCN1c1ccc(N)c(OCC2CC2)n1. The normalized spacial score (nSPS) is 22.9. The van der Waals surface area contributed by atoms with Gasteiger partial charge in [0.25, 0.3) is 0 Å². The average Bonchev–Trinajstić information content (AvgIpc) is 3.30. The minimum atomic E-state index is 0.385. The molecule has 1 aromatic rings. The number of anilines is 2. The summed E-state index contributed by atoms with van der Waals surface area (Å²) < 4.78 is 11.3. The molecule has 1 aliphatic carbocycles. The Bertz CT molecular complexity index is 462. The number of aromatic nitrogens is 1. The first-order chi connectivity index (χ1) is 9.78. The van der Waals surface area contributed by atoms with Gasteiger partial charge in [-0.15, -0.1) is 0 Å². The van der Waals surface area contributed by atoms with E-state index in [1.54, 1.807) is 0 Å². The molecule has 2 aliphatic rings. The second-order valence-corrected chi connectivity index (χ2v) is 5.65. The molecule has 5 nitrogen and oxygen atoms in total. The largest absolute Gasteiger partial charge is 0.476 e. The number of ether oxygens (including phenoxy) is 2. The van der Waals surface area contributed by atoms with Gasteiger partial charge in [0.15, 0.2) is 0 Å². The van der Waals surface area contributed by atoms with Gasteiger partial charge in [0, 0.05) is 6.54 Å². The quantitative estimate of drug-likeness (QED) is 0.892. The Labute approximate surface area is 120 Å². The fourth-order valence-electron chi connectivity index (χ4n) is 2.49. The van der Waals surface area contributed by atoms with E-state index in [9.17, 15) is 0 Å². The van der Waals surface area contributed by atoms with Gasteiger partial charge in [0.05, 0.1) is 31.5 Å². The van der Waals surface area contributed by atoms with Crippen LogP contribution < -0.4 is 15.4 Å². The highest BCUT2D eigenvalue weighted by Crippen LogP contribution is 2.31. The molecule has 110 valence electrons. The second kappa shape index (κ2) is 5.87. The zero-order chi connectivity index (χ0) is 13.9. The van der Waals surface area contributed by atoms with E-state index in [4.69, 9.17) is 15.2 Å². The Morgan fingerprint density at radius 2 is 2.30 bits per heavy atom. The van der Waals surface area contributed by atoms with Crippen molar-refractivity contribution in [3.8, 4) is 5.88 Å². The van der Waals surface area contributed by atoms with E-state index in [2.05, 4.69) is 16.8 Å². The summed E-state index contributed by atoms with van der Waals surface area (Å²) in [4.78, 5) is 6.92. The summed E-state index contributed by atoms with van der Waals surface area (Å²) in [6.07, 6.45) is 3.58. The van der Waals surface area contributed by atoms with Gasteiger partial charge in [-0.25, -0.2) is 0 Å². The number of hydrogen-bond acceptors (Lipinski definition) is 5. The lowest BCUT2D eigenvalue weighted by Gasteiger charge is -2.36. The minimum absolute atomic E-state index is 0.385. The average molecular weight is 277 g/mol. The highest BCUT2D eigenvalue weighted by Gasteiger charge is 2.25. The van der Waals surface area contributed by atoms with E-state index in [1.807, 2.05) is 12.1 Å². The standard InChI is InChI=1S/C15H23N3O2/c1-2-12-10-19-8-7-18(12)14-6-5-13(16)15(17-14)20-9-11-3-4-11/h5-6,11-12H,2-4,7-10,16H2,1H3. The van der Waals surface area contributed by atoms with E-state index in [-0.39, 0.29) is 0 Å². The highest BCUT2D eigenvalue weighted by atomic mass is 16.5. The van der Waals surface area contributed by atoms with E-state index in [0.29, 0.717) is 23.5 Å². The molecule has 1 unspecified atom stereocenters. The lowest BCUT2D eigenvalue weighted by molar-refractivity contribution is 0.0925. The molecule has 2 N–H and O–H groups in total. The van der Waals surface area contributed by atoms with Crippen molar-refractivity contribution in [2.24, 2.45) is 5.92 Å². The first-order valence-electron chi connectivity index (χ1n) is 7.51. The lowest BCUT2D eigenvalue weighted by atomic mass is 10.2. The second-order valence-electron chi connectivity index (χ2n) is 5.65. The molecule has 0 amide bonds. The van der Waals surface area contributed by atoms with E-state index < -0.39 is 0 Å². The Balaban J connectivity index is 1.75. The van der Waals surface area contributed by atoms with Crippen molar-refractivity contribution in [3.63, 3.8) is 0 Å². The predicted octanol–water partition coefficient (Wildman–Crippen LogP) is 2.07. The first-order valence-corrected chi connectivity index (χ1v) is 7.51. The van der Waals surface area contributed by atoms with Crippen LogP contribution in [0.2, 0.25) is 0 Å². The fraction of sp³-hybridized carbons (Fsp3) is 0.667. The fourth-order valence-corrected chi connectivity index (χ4v) is 2.49. The maximum absolute atomic E-state index is 5.96. The molecule has 1 aliphatic heterocycles. The third-order valence-corrected chi connectivity index (χ3v) is 4.02. The molecule has 1 saturated carbocycles. The molecule has 1 atom stereocenters. The van der Waals surface area contributed by atoms with Gasteiger partial charge >= 0.3 is 0 Å². The van der Waals surface area contributed by atoms with Crippen molar-refractivity contribution < 1.29 is 9.47 Å². The molecule has 0 radical (unpaired) electrons. The molecule has 5 heteroatoms. The summed E-state index contributed by atoms with van der Waals surface area (Å²) in [7, 11) is 0. The number of hydrogen-bond donors (Lipinski definition) is 1. The predicted molar refractivity (Wildman–Crippen MR) is 79.1 cm³/mol. The molecular formula is C15H23N3O2. The summed E-state index contributed by atoms with van der Waals surface area (Å²) in [6.45, 7) is 5.30. The van der Waals surface area contributed by atoms with Crippen LogP contribution >= 0.6 is 0 Å². The lowest BCUT2D eigenvalue weighted by Crippen LogP contribution is -2.45. The monoisotopic (exact) mass is 277 g/mol. The Morgan fingerprint density at radius 1 is 1.45 bits per heavy atom. The summed E-state index contributed by atoms with van der Waals surface area (Å²) in [5, 5.41) is 0. The third-order valence-electron chi connectivity index (χ3n) is 4.02. The van der Waals surface area contributed by atoms with E-state index in [0.717, 1.165) is 38.6 Å².